The van der Waals surface area contributed by atoms with Gasteiger partial charge in [-0.15, -0.1) is 0 Å². The summed E-state index contributed by atoms with van der Waals surface area (Å²) in [7, 11) is 3.13. The molecule has 3 aromatic rings. The van der Waals surface area contributed by atoms with Crippen LogP contribution in [-0.4, -0.2) is 41.2 Å². The van der Waals surface area contributed by atoms with Crippen molar-refractivity contribution in [2.75, 3.05) is 30.2 Å². The number of hydrogen-bond donors (Lipinski definition) is 5. The number of hydrogen-bond acceptors (Lipinski definition) is 9. The Morgan fingerprint density at radius 1 is 0.842 bits per heavy atom. The van der Waals surface area contributed by atoms with Crippen LogP contribution >= 0.6 is 11.6 Å². The van der Waals surface area contributed by atoms with Crippen LogP contribution in [0.3, 0.4) is 0 Å². The normalized spacial score (nSPS) is 10.4. The number of amides is 2. The number of nitrogens with zero attached hydrogens (tertiary/aromatic N) is 2. The summed E-state index contributed by atoms with van der Waals surface area (Å²) in [6.07, 6.45) is 5.21. The van der Waals surface area contributed by atoms with E-state index in [1.54, 1.807) is 56.1 Å². The van der Waals surface area contributed by atoms with Crippen molar-refractivity contribution in [2.24, 2.45) is 0 Å². The average Bonchev–Trinajstić information content (AvgIpc) is 2.93. The Labute approximate surface area is 225 Å². The number of anilines is 5. The van der Waals surface area contributed by atoms with Crippen LogP contribution < -0.4 is 30.9 Å². The number of methoxy groups -OCH3 is 2. The van der Waals surface area contributed by atoms with Gasteiger partial charge >= 0.3 is 0 Å². The number of nitrogens with one attached hydrogen (secondary N) is 4. The van der Waals surface area contributed by atoms with Crippen LogP contribution in [0.25, 0.3) is 0 Å². The van der Waals surface area contributed by atoms with Gasteiger partial charge in [0, 0.05) is 36.0 Å². The molecule has 202 valence electrons. The Morgan fingerprint density at radius 3 is 2.13 bits per heavy atom. The molecule has 0 fully saturated rings. The molecule has 0 saturated carbocycles. The first-order chi connectivity index (χ1) is 18.4. The number of carbonyl (C=O) groups is 2. The molecule has 0 radical (unpaired) electrons. The van der Waals surface area contributed by atoms with Crippen LogP contribution in [0.2, 0.25) is 5.02 Å². The lowest BCUT2D eigenvalue weighted by molar-refractivity contribution is -0.129. The fourth-order valence-electron chi connectivity index (χ4n) is 3.54. The zero-order valence-corrected chi connectivity index (χ0v) is 22.0. The molecule has 0 spiro atoms. The van der Waals surface area contributed by atoms with Crippen LogP contribution in [0, 0.1) is 0 Å². The van der Waals surface area contributed by atoms with E-state index in [0.29, 0.717) is 52.5 Å². The maximum Gasteiger partial charge on any atom is 0.243 e. The molecule has 0 atom stereocenters. The van der Waals surface area contributed by atoms with Crippen LogP contribution in [0.15, 0.2) is 48.7 Å². The van der Waals surface area contributed by atoms with E-state index in [1.165, 1.54) is 6.20 Å². The van der Waals surface area contributed by atoms with Gasteiger partial charge in [0.15, 0.2) is 17.3 Å². The second kappa shape index (κ2) is 14.6. The van der Waals surface area contributed by atoms with Crippen molar-refractivity contribution >= 4 is 52.2 Å². The maximum absolute atomic E-state index is 12.2. The number of halogens is 1. The van der Waals surface area contributed by atoms with E-state index < -0.39 is 5.91 Å². The minimum atomic E-state index is -0.394. The van der Waals surface area contributed by atoms with E-state index in [2.05, 4.69) is 25.9 Å². The summed E-state index contributed by atoms with van der Waals surface area (Å²) in [5, 5.41) is 18.0. The Morgan fingerprint density at radius 2 is 1.47 bits per heavy atom. The van der Waals surface area contributed by atoms with Gasteiger partial charge in [0.25, 0.3) is 0 Å². The predicted octanol–water partition coefficient (Wildman–Crippen LogP) is 5.42. The van der Waals surface area contributed by atoms with Crippen molar-refractivity contribution in [1.82, 2.24) is 15.4 Å². The summed E-state index contributed by atoms with van der Waals surface area (Å²) in [6.45, 7) is 0. The zero-order chi connectivity index (χ0) is 27.3. The van der Waals surface area contributed by atoms with Gasteiger partial charge in [-0.2, -0.15) is 4.98 Å². The Kier molecular flexibility index (Phi) is 10.9. The summed E-state index contributed by atoms with van der Waals surface area (Å²) in [4.78, 5) is 31.9. The number of carbonyl (C=O) groups excluding carboxylic acids is 2. The van der Waals surface area contributed by atoms with E-state index in [0.717, 1.165) is 24.9 Å². The number of hydroxylamine groups is 1. The summed E-state index contributed by atoms with van der Waals surface area (Å²) >= 11 is 6.29. The highest BCUT2D eigenvalue weighted by atomic mass is 35.5. The van der Waals surface area contributed by atoms with Crippen molar-refractivity contribution in [1.29, 1.82) is 0 Å². The van der Waals surface area contributed by atoms with Gasteiger partial charge in [-0.1, -0.05) is 24.4 Å². The van der Waals surface area contributed by atoms with Gasteiger partial charge in [0.05, 0.1) is 20.4 Å². The fourth-order valence-corrected chi connectivity index (χ4v) is 3.67. The summed E-state index contributed by atoms with van der Waals surface area (Å²) < 4.78 is 10.6. The molecule has 5 N–H and O–H groups in total. The largest absolute Gasteiger partial charge is 0.493 e. The van der Waals surface area contributed by atoms with Gasteiger partial charge in [0.2, 0.25) is 17.8 Å². The van der Waals surface area contributed by atoms with Crippen molar-refractivity contribution in [3.05, 3.63) is 53.7 Å². The summed E-state index contributed by atoms with van der Waals surface area (Å²) in [6, 6.07) is 12.6. The van der Waals surface area contributed by atoms with Gasteiger partial charge in [-0.05, 0) is 49.2 Å². The van der Waals surface area contributed by atoms with E-state index in [1.807, 2.05) is 6.07 Å². The van der Waals surface area contributed by atoms with E-state index in [9.17, 15) is 9.59 Å². The molecule has 0 bridgehead atoms. The van der Waals surface area contributed by atoms with Crippen molar-refractivity contribution < 1.29 is 24.3 Å². The molecule has 0 aliphatic rings. The third kappa shape index (κ3) is 8.79. The molecule has 0 unspecified atom stereocenters. The minimum absolute atomic E-state index is 0.0780. The first-order valence-electron chi connectivity index (χ1n) is 12.0. The second-order valence-corrected chi connectivity index (χ2v) is 8.69. The first kappa shape index (κ1) is 28.5. The standard InChI is InChI=1S/C26H31ClN6O5/c1-37-21-14-13-19(15-22(21)38-2)30-25-20(27)16-28-26(32-25)31-18-11-9-17(10-12-18)29-23(34)7-5-3-4-6-8-24(35)33-36/h9-16,36H,3-8H2,1-2H3,(H,29,34)(H,33,35)(H2,28,30,31,32). The Bertz CT molecular complexity index is 1230. The summed E-state index contributed by atoms with van der Waals surface area (Å²) in [5.74, 6) is 1.46. The highest BCUT2D eigenvalue weighted by Gasteiger charge is 2.10. The molecule has 0 aliphatic carbocycles. The number of unbranched alkanes of at least 4 members (excludes halogenated alkanes) is 3. The SMILES string of the molecule is COc1ccc(Nc2nc(Nc3ccc(NC(=O)CCCCCCC(=O)NO)cc3)ncc2Cl)cc1OC. The Balaban J connectivity index is 1.51. The lowest BCUT2D eigenvalue weighted by Gasteiger charge is -2.13. The molecule has 0 saturated heterocycles. The molecule has 0 aliphatic heterocycles. The fraction of sp³-hybridized carbons (Fsp3) is 0.308. The van der Waals surface area contributed by atoms with Gasteiger partial charge in [0.1, 0.15) is 5.02 Å². The smallest absolute Gasteiger partial charge is 0.243 e. The highest BCUT2D eigenvalue weighted by molar-refractivity contribution is 6.32. The molecule has 38 heavy (non-hydrogen) atoms. The monoisotopic (exact) mass is 542 g/mol. The van der Waals surface area contributed by atoms with Crippen LogP contribution in [0.5, 0.6) is 11.5 Å². The molecule has 11 nitrogen and oxygen atoms in total. The second-order valence-electron chi connectivity index (χ2n) is 8.28. The van der Waals surface area contributed by atoms with Crippen molar-refractivity contribution in [3.8, 4) is 11.5 Å². The van der Waals surface area contributed by atoms with Gasteiger partial charge in [-0.25, -0.2) is 10.5 Å². The maximum atomic E-state index is 12.2. The number of aromatic nitrogens is 2. The predicted molar refractivity (Wildman–Crippen MR) is 146 cm³/mol. The minimum Gasteiger partial charge on any atom is -0.493 e. The van der Waals surface area contributed by atoms with Crippen molar-refractivity contribution in [2.45, 2.75) is 38.5 Å². The van der Waals surface area contributed by atoms with E-state index in [4.69, 9.17) is 26.3 Å². The number of benzene rings is 2. The van der Waals surface area contributed by atoms with Gasteiger partial charge in [-0.3, -0.25) is 14.8 Å². The molecule has 2 aromatic carbocycles. The topological polar surface area (TPSA) is 147 Å². The summed E-state index contributed by atoms with van der Waals surface area (Å²) in [5.41, 5.74) is 3.73. The van der Waals surface area contributed by atoms with Crippen LogP contribution in [-0.2, 0) is 9.59 Å². The average molecular weight is 543 g/mol. The zero-order valence-electron chi connectivity index (χ0n) is 21.2. The molecular formula is C26H31ClN6O5. The molecule has 3 rings (SSSR count). The molecule has 1 heterocycles. The highest BCUT2D eigenvalue weighted by Crippen LogP contribution is 2.32. The molecule has 1 aromatic heterocycles. The lowest BCUT2D eigenvalue weighted by Crippen LogP contribution is -2.17. The number of ether oxygens (including phenoxy) is 2. The van der Waals surface area contributed by atoms with Crippen LogP contribution in [0.1, 0.15) is 38.5 Å². The van der Waals surface area contributed by atoms with Gasteiger partial charge < -0.3 is 25.4 Å². The number of rotatable bonds is 14. The van der Waals surface area contributed by atoms with E-state index in [-0.39, 0.29) is 12.3 Å². The quantitative estimate of drug-likeness (QED) is 0.102. The first-order valence-corrected chi connectivity index (χ1v) is 12.4. The Hall–Kier alpha value is -4.09. The third-order valence-corrected chi connectivity index (χ3v) is 5.77. The molecule has 12 heteroatoms. The third-order valence-electron chi connectivity index (χ3n) is 5.50. The van der Waals surface area contributed by atoms with Crippen LogP contribution in [0.4, 0.5) is 28.8 Å². The van der Waals surface area contributed by atoms with E-state index >= 15 is 0 Å². The lowest BCUT2D eigenvalue weighted by atomic mass is 10.1. The molecule has 2 amide bonds. The molecular weight excluding hydrogens is 512 g/mol. The van der Waals surface area contributed by atoms with Crippen molar-refractivity contribution in [3.63, 3.8) is 0 Å².